The van der Waals surface area contributed by atoms with Crippen molar-refractivity contribution in [3.8, 4) is 5.75 Å². The number of hydrogen-bond donors (Lipinski definition) is 0. The molecule has 1 heterocycles. The fraction of sp³-hybridized carbons (Fsp3) is 0.263. The molecular weight excluding hydrogens is 362 g/mol. The molecule has 0 aliphatic carbocycles. The zero-order valence-electron chi connectivity index (χ0n) is 15.4. The highest BCUT2D eigenvalue weighted by molar-refractivity contribution is 8.00. The van der Waals surface area contributed by atoms with Crippen molar-refractivity contribution in [2.24, 2.45) is 0 Å². The van der Waals surface area contributed by atoms with Crippen LogP contribution in [0.1, 0.15) is 12.5 Å². The summed E-state index contributed by atoms with van der Waals surface area (Å²) in [5.41, 5.74) is 1.90. The van der Waals surface area contributed by atoms with Crippen LogP contribution >= 0.6 is 11.8 Å². The van der Waals surface area contributed by atoms with Crippen LogP contribution in [0, 0.1) is 0 Å². The Morgan fingerprint density at radius 1 is 1.19 bits per heavy atom. The van der Waals surface area contributed by atoms with Crippen molar-refractivity contribution in [1.29, 1.82) is 0 Å². The number of ether oxygens (including phenoxy) is 1. The summed E-state index contributed by atoms with van der Waals surface area (Å²) in [6.45, 7) is 2.38. The predicted molar refractivity (Wildman–Crippen MR) is 105 cm³/mol. The molecule has 0 saturated heterocycles. The molecule has 3 aromatic rings. The molecule has 0 bridgehead atoms. The van der Waals surface area contributed by atoms with Crippen molar-refractivity contribution in [2.45, 2.75) is 23.9 Å². The lowest BCUT2D eigenvalue weighted by Crippen LogP contribution is -2.33. The highest BCUT2D eigenvalue weighted by Gasteiger charge is 2.22. The molecular formula is C19H21N5O2S. The third-order valence-corrected chi connectivity index (χ3v) is 5.15. The van der Waals surface area contributed by atoms with E-state index >= 15 is 0 Å². The highest BCUT2D eigenvalue weighted by atomic mass is 32.2. The van der Waals surface area contributed by atoms with Gasteiger partial charge in [0.25, 0.3) is 0 Å². The quantitative estimate of drug-likeness (QED) is 0.584. The first-order valence-electron chi connectivity index (χ1n) is 8.47. The number of hydrogen-bond acceptors (Lipinski definition) is 6. The third-order valence-electron chi connectivity index (χ3n) is 4.09. The lowest BCUT2D eigenvalue weighted by atomic mass is 10.2. The summed E-state index contributed by atoms with van der Waals surface area (Å²) in [6.07, 6.45) is 0. The summed E-state index contributed by atoms with van der Waals surface area (Å²) in [5.74, 6) is 0.790. The van der Waals surface area contributed by atoms with Crippen LogP contribution in [0.15, 0.2) is 59.8 Å². The van der Waals surface area contributed by atoms with Gasteiger partial charge in [-0.3, -0.25) is 4.79 Å². The number of rotatable bonds is 7. The molecule has 0 aliphatic heterocycles. The molecule has 1 atom stereocenters. The van der Waals surface area contributed by atoms with Gasteiger partial charge in [0, 0.05) is 12.7 Å². The average molecular weight is 383 g/mol. The number of para-hydroxylation sites is 1. The second-order valence-electron chi connectivity index (χ2n) is 5.96. The largest absolute Gasteiger partial charge is 0.497 e. The first-order chi connectivity index (χ1) is 13.1. The number of carbonyl (C=O) groups is 1. The molecule has 1 amide bonds. The minimum atomic E-state index is -0.323. The van der Waals surface area contributed by atoms with E-state index in [2.05, 4.69) is 15.5 Å². The number of amides is 1. The highest BCUT2D eigenvalue weighted by Crippen LogP contribution is 2.24. The Balaban J connectivity index is 1.67. The van der Waals surface area contributed by atoms with E-state index in [4.69, 9.17) is 4.74 Å². The van der Waals surface area contributed by atoms with Crippen molar-refractivity contribution < 1.29 is 9.53 Å². The predicted octanol–water partition coefficient (Wildman–Crippen LogP) is 2.87. The zero-order chi connectivity index (χ0) is 19.2. The molecule has 0 spiro atoms. The number of nitrogens with zero attached hydrogens (tertiary/aromatic N) is 5. The molecule has 140 valence electrons. The number of tetrazole rings is 1. The van der Waals surface area contributed by atoms with Crippen LogP contribution in [-0.4, -0.2) is 45.5 Å². The van der Waals surface area contributed by atoms with Crippen LogP contribution in [0.2, 0.25) is 0 Å². The molecule has 2 aromatic carbocycles. The summed E-state index contributed by atoms with van der Waals surface area (Å²) >= 11 is 1.35. The Kier molecular flexibility index (Phi) is 6.08. The normalized spacial score (nSPS) is 11.8. The van der Waals surface area contributed by atoms with Gasteiger partial charge in [-0.25, -0.2) is 4.68 Å². The van der Waals surface area contributed by atoms with Gasteiger partial charge in [0.2, 0.25) is 11.1 Å². The Labute approximate surface area is 162 Å². The molecule has 0 saturated carbocycles. The van der Waals surface area contributed by atoms with E-state index in [9.17, 15) is 4.79 Å². The number of anilines is 1. The van der Waals surface area contributed by atoms with E-state index in [0.717, 1.165) is 17.0 Å². The summed E-state index contributed by atoms with van der Waals surface area (Å²) in [6, 6.07) is 17.3. The minimum absolute atomic E-state index is 0.00908. The smallest absolute Gasteiger partial charge is 0.240 e. The van der Waals surface area contributed by atoms with E-state index in [-0.39, 0.29) is 11.2 Å². The van der Waals surface area contributed by atoms with E-state index < -0.39 is 0 Å². The fourth-order valence-corrected chi connectivity index (χ4v) is 3.43. The van der Waals surface area contributed by atoms with E-state index in [1.807, 2.05) is 61.5 Å². The van der Waals surface area contributed by atoms with Gasteiger partial charge >= 0.3 is 0 Å². The van der Waals surface area contributed by atoms with Crippen molar-refractivity contribution in [3.63, 3.8) is 0 Å². The summed E-state index contributed by atoms with van der Waals surface area (Å²) < 4.78 is 6.87. The molecule has 1 unspecified atom stereocenters. The van der Waals surface area contributed by atoms with Gasteiger partial charge in [-0.05, 0) is 47.2 Å². The molecule has 0 fully saturated rings. The van der Waals surface area contributed by atoms with Crippen molar-refractivity contribution in [3.05, 3.63) is 60.2 Å². The van der Waals surface area contributed by atoms with Crippen molar-refractivity contribution in [2.75, 3.05) is 19.1 Å². The van der Waals surface area contributed by atoms with Crippen LogP contribution in [0.25, 0.3) is 0 Å². The van der Waals surface area contributed by atoms with Gasteiger partial charge in [-0.15, -0.1) is 5.10 Å². The van der Waals surface area contributed by atoms with Crippen LogP contribution in [0.5, 0.6) is 5.75 Å². The van der Waals surface area contributed by atoms with Gasteiger partial charge < -0.3 is 9.64 Å². The first kappa shape index (κ1) is 18.9. The first-order valence-corrected chi connectivity index (χ1v) is 9.35. The zero-order valence-corrected chi connectivity index (χ0v) is 16.3. The molecule has 0 N–H and O–H groups in total. The van der Waals surface area contributed by atoms with Crippen molar-refractivity contribution >= 4 is 23.4 Å². The molecule has 0 aliphatic rings. The monoisotopic (exact) mass is 383 g/mol. The summed E-state index contributed by atoms with van der Waals surface area (Å²) in [5, 5.41) is 12.2. The number of thioether (sulfide) groups is 1. The molecule has 0 radical (unpaired) electrons. The molecule has 3 rings (SSSR count). The van der Waals surface area contributed by atoms with Crippen LogP contribution in [0.3, 0.4) is 0 Å². The number of carbonyl (C=O) groups excluding carboxylic acids is 1. The van der Waals surface area contributed by atoms with Gasteiger partial charge in [-0.1, -0.05) is 42.1 Å². The molecule has 8 heteroatoms. The maximum absolute atomic E-state index is 12.7. The molecule has 27 heavy (non-hydrogen) atoms. The minimum Gasteiger partial charge on any atom is -0.497 e. The Hall–Kier alpha value is -2.87. The average Bonchev–Trinajstić information content (AvgIpc) is 3.14. The lowest BCUT2D eigenvalue weighted by Gasteiger charge is -2.20. The second-order valence-corrected chi connectivity index (χ2v) is 7.27. The summed E-state index contributed by atoms with van der Waals surface area (Å²) in [4.78, 5) is 14.4. The SMILES string of the molecule is COc1ccc(Cn2nnnc2SC(C)C(=O)N(C)c2ccccc2)cc1. The van der Waals surface area contributed by atoms with Crippen LogP contribution in [0.4, 0.5) is 5.69 Å². The van der Waals surface area contributed by atoms with Gasteiger partial charge in [0.1, 0.15) is 5.75 Å². The van der Waals surface area contributed by atoms with Crippen molar-refractivity contribution in [1.82, 2.24) is 20.2 Å². The number of benzene rings is 2. The van der Waals surface area contributed by atoms with E-state index in [0.29, 0.717) is 11.7 Å². The van der Waals surface area contributed by atoms with E-state index in [1.54, 1.807) is 23.7 Å². The maximum Gasteiger partial charge on any atom is 0.240 e. The van der Waals surface area contributed by atoms with Crippen LogP contribution < -0.4 is 9.64 Å². The van der Waals surface area contributed by atoms with Crippen LogP contribution in [-0.2, 0) is 11.3 Å². The maximum atomic E-state index is 12.7. The molecule has 7 nitrogen and oxygen atoms in total. The van der Waals surface area contributed by atoms with Gasteiger partial charge in [-0.2, -0.15) is 0 Å². The standard InChI is InChI=1S/C19H21N5O2S/c1-14(18(25)23(2)16-7-5-4-6-8-16)27-19-20-21-22-24(19)13-15-9-11-17(26-3)12-10-15/h4-12,14H,13H2,1-3H3. The Bertz CT molecular complexity index is 883. The number of aromatic nitrogens is 4. The summed E-state index contributed by atoms with van der Waals surface area (Å²) in [7, 11) is 3.41. The third kappa shape index (κ3) is 4.65. The van der Waals surface area contributed by atoms with E-state index in [1.165, 1.54) is 11.8 Å². The van der Waals surface area contributed by atoms with Gasteiger partial charge in [0.05, 0.1) is 18.9 Å². The topological polar surface area (TPSA) is 73.1 Å². The lowest BCUT2D eigenvalue weighted by molar-refractivity contribution is -0.117. The Morgan fingerprint density at radius 2 is 1.89 bits per heavy atom. The molecule has 1 aromatic heterocycles. The van der Waals surface area contributed by atoms with Gasteiger partial charge in [0.15, 0.2) is 0 Å². The Morgan fingerprint density at radius 3 is 2.56 bits per heavy atom. The number of methoxy groups -OCH3 is 1. The fourth-order valence-electron chi connectivity index (χ4n) is 2.54. The second kappa shape index (κ2) is 8.68.